The van der Waals surface area contributed by atoms with Gasteiger partial charge in [-0.2, -0.15) is 0 Å². The Hall–Kier alpha value is -6.42. The van der Waals surface area contributed by atoms with Crippen LogP contribution in [0.5, 0.6) is 0 Å². The highest BCUT2D eigenvalue weighted by molar-refractivity contribution is 7.20. The summed E-state index contributed by atoms with van der Waals surface area (Å²) in [5.74, 6) is 0. The van der Waals surface area contributed by atoms with E-state index in [0.29, 0.717) is 0 Å². The highest BCUT2D eigenvalue weighted by atomic mass is 28.3. The van der Waals surface area contributed by atoms with Crippen molar-refractivity contribution in [3.05, 3.63) is 194 Å². The minimum Gasteiger partial charge on any atom is -0.309 e. The molecule has 0 saturated carbocycles. The molecule has 3 heterocycles. The van der Waals surface area contributed by atoms with Gasteiger partial charge < -0.3 is 8.97 Å². The Morgan fingerprint density at radius 1 is 0.314 bits per heavy atom. The quantitative estimate of drug-likeness (QED) is 0.128. The summed E-state index contributed by atoms with van der Waals surface area (Å²) >= 11 is 0. The molecule has 0 aliphatic rings. The van der Waals surface area contributed by atoms with Crippen molar-refractivity contribution in [2.45, 2.75) is 0 Å². The smallest absolute Gasteiger partial charge is 0.181 e. The van der Waals surface area contributed by atoms with E-state index >= 15 is 0 Å². The van der Waals surface area contributed by atoms with E-state index in [9.17, 15) is 0 Å². The largest absolute Gasteiger partial charge is 0.309 e. The van der Waals surface area contributed by atoms with Gasteiger partial charge in [-0.15, -0.1) is 0 Å². The fraction of sp³-hybridized carbons (Fsp3) is 0. The standard InChI is InChI=1S/C48H32N2Si/c1-4-16-34(17-5-1)51(35-18-6-2-7-19-35,36-20-8-3-9-21-36)46-29-15-26-42-41-25-14-24-40-39-31-30-33(32-45(39)50(47(40)41)48(42)46)49-43-27-12-10-22-37(43)38-23-11-13-28-44(38)49/h1-32H. The Balaban J connectivity index is 1.33. The fourth-order valence-electron chi connectivity index (χ4n) is 9.18. The molecule has 0 aliphatic heterocycles. The summed E-state index contributed by atoms with van der Waals surface area (Å²) in [6.07, 6.45) is 0. The Morgan fingerprint density at radius 3 is 1.31 bits per heavy atom. The van der Waals surface area contributed by atoms with E-state index < -0.39 is 8.07 Å². The van der Waals surface area contributed by atoms with Crippen LogP contribution in [-0.2, 0) is 0 Å². The Bertz CT molecular complexity index is 2920. The summed E-state index contributed by atoms with van der Waals surface area (Å²) in [4.78, 5) is 0. The number of hydrogen-bond acceptors (Lipinski definition) is 0. The molecule has 8 aromatic carbocycles. The van der Waals surface area contributed by atoms with Crippen LogP contribution < -0.4 is 20.7 Å². The maximum atomic E-state index is 2.61. The molecule has 0 radical (unpaired) electrons. The first-order valence-electron chi connectivity index (χ1n) is 17.7. The van der Waals surface area contributed by atoms with Gasteiger partial charge >= 0.3 is 0 Å². The number of para-hydroxylation sites is 4. The minimum atomic E-state index is -2.84. The van der Waals surface area contributed by atoms with Gasteiger partial charge in [-0.05, 0) is 45.0 Å². The molecule has 3 heteroatoms. The van der Waals surface area contributed by atoms with Crippen molar-refractivity contribution in [2.75, 3.05) is 0 Å². The fourth-order valence-corrected chi connectivity index (χ4v) is 14.1. The highest BCUT2D eigenvalue weighted by Gasteiger charge is 2.43. The SMILES string of the molecule is c1ccc([Si](c2ccccc2)(c2ccccc2)c2cccc3c4cccc5c6ccc(-n7c8ccccc8c8ccccc87)cc6n(c23)c54)cc1. The summed E-state index contributed by atoms with van der Waals surface area (Å²) in [7, 11) is -2.84. The van der Waals surface area contributed by atoms with Crippen molar-refractivity contribution >= 4 is 88.7 Å². The monoisotopic (exact) mass is 664 g/mol. The molecular formula is C48H32N2Si. The van der Waals surface area contributed by atoms with Crippen LogP contribution in [0, 0.1) is 0 Å². The van der Waals surface area contributed by atoms with Gasteiger partial charge in [0.15, 0.2) is 8.07 Å². The molecule has 11 rings (SSSR count). The third-order valence-corrected chi connectivity index (χ3v) is 16.0. The van der Waals surface area contributed by atoms with E-state index in [1.54, 1.807) is 0 Å². The van der Waals surface area contributed by atoms with Crippen molar-refractivity contribution < 1.29 is 0 Å². The molecule has 51 heavy (non-hydrogen) atoms. The second-order valence-electron chi connectivity index (χ2n) is 13.7. The molecule has 0 fully saturated rings. The van der Waals surface area contributed by atoms with E-state index in [1.165, 1.54) is 86.3 Å². The highest BCUT2D eigenvalue weighted by Crippen LogP contribution is 2.40. The number of aromatic nitrogens is 2. The lowest BCUT2D eigenvalue weighted by Gasteiger charge is -2.35. The zero-order valence-electron chi connectivity index (χ0n) is 27.9. The van der Waals surface area contributed by atoms with E-state index in [1.807, 2.05) is 0 Å². The van der Waals surface area contributed by atoms with E-state index in [0.717, 1.165) is 0 Å². The van der Waals surface area contributed by atoms with Crippen LogP contribution in [0.25, 0.3) is 65.6 Å². The van der Waals surface area contributed by atoms with Crippen LogP contribution in [0.2, 0.25) is 0 Å². The third-order valence-electron chi connectivity index (χ3n) is 11.2. The van der Waals surface area contributed by atoms with E-state index in [4.69, 9.17) is 0 Å². The van der Waals surface area contributed by atoms with Gasteiger partial charge in [0.1, 0.15) is 0 Å². The van der Waals surface area contributed by atoms with Crippen LogP contribution in [0.4, 0.5) is 0 Å². The first-order valence-corrected chi connectivity index (χ1v) is 19.7. The Morgan fingerprint density at radius 2 is 0.745 bits per heavy atom. The van der Waals surface area contributed by atoms with Crippen LogP contribution in [0.15, 0.2) is 194 Å². The first-order chi connectivity index (χ1) is 25.3. The van der Waals surface area contributed by atoms with Gasteiger partial charge in [-0.1, -0.05) is 170 Å². The van der Waals surface area contributed by atoms with Gasteiger partial charge in [0.05, 0.1) is 27.6 Å². The average molecular weight is 665 g/mol. The maximum Gasteiger partial charge on any atom is 0.181 e. The number of nitrogens with zero attached hydrogens (tertiary/aromatic N) is 2. The summed E-state index contributed by atoms with van der Waals surface area (Å²) in [6.45, 7) is 0. The summed E-state index contributed by atoms with van der Waals surface area (Å²) in [6, 6.07) is 72.4. The molecule has 0 N–H and O–H groups in total. The van der Waals surface area contributed by atoms with Crippen LogP contribution in [-0.4, -0.2) is 17.0 Å². The van der Waals surface area contributed by atoms with Crippen LogP contribution in [0.1, 0.15) is 0 Å². The van der Waals surface area contributed by atoms with Gasteiger partial charge in [0.2, 0.25) is 0 Å². The lowest BCUT2D eigenvalue weighted by molar-refractivity contribution is 1.18. The van der Waals surface area contributed by atoms with Crippen molar-refractivity contribution in [1.29, 1.82) is 0 Å². The van der Waals surface area contributed by atoms with Crippen molar-refractivity contribution in [3.63, 3.8) is 0 Å². The molecule has 0 aliphatic carbocycles. The topological polar surface area (TPSA) is 9.34 Å². The summed E-state index contributed by atoms with van der Waals surface area (Å²) < 4.78 is 5.05. The molecule has 0 atom stereocenters. The number of hydrogen-bond donors (Lipinski definition) is 0. The van der Waals surface area contributed by atoms with Crippen LogP contribution >= 0.6 is 0 Å². The molecule has 0 bridgehead atoms. The number of benzene rings is 8. The number of rotatable bonds is 5. The molecule has 11 aromatic rings. The Labute approximate surface area is 296 Å². The predicted octanol–water partition coefficient (Wildman–Crippen LogP) is 9.31. The van der Waals surface area contributed by atoms with E-state index in [-0.39, 0.29) is 0 Å². The normalized spacial score (nSPS) is 12.3. The maximum absolute atomic E-state index is 2.84. The van der Waals surface area contributed by atoms with Gasteiger partial charge in [0, 0.05) is 38.0 Å². The zero-order valence-corrected chi connectivity index (χ0v) is 28.9. The average Bonchev–Trinajstić information content (AvgIpc) is 3.85. The molecule has 0 saturated heterocycles. The van der Waals surface area contributed by atoms with Crippen molar-refractivity contribution in [3.8, 4) is 5.69 Å². The van der Waals surface area contributed by atoms with Crippen molar-refractivity contribution in [1.82, 2.24) is 8.97 Å². The molecular weight excluding hydrogens is 633 g/mol. The summed E-state index contributed by atoms with van der Waals surface area (Å²) in [5, 5.41) is 13.3. The molecule has 0 amide bonds. The van der Waals surface area contributed by atoms with Gasteiger partial charge in [-0.25, -0.2) is 0 Å². The Kier molecular flexibility index (Phi) is 6.01. The van der Waals surface area contributed by atoms with Crippen molar-refractivity contribution in [2.24, 2.45) is 0 Å². The second-order valence-corrected chi connectivity index (χ2v) is 17.4. The van der Waals surface area contributed by atoms with Gasteiger partial charge in [-0.3, -0.25) is 0 Å². The zero-order chi connectivity index (χ0) is 33.5. The molecule has 0 unspecified atom stereocenters. The van der Waals surface area contributed by atoms with Crippen LogP contribution in [0.3, 0.4) is 0 Å². The first kappa shape index (κ1) is 28.4. The molecule has 2 nitrogen and oxygen atoms in total. The second kappa shape index (κ2) is 10.8. The minimum absolute atomic E-state index is 1.17. The summed E-state index contributed by atoms with van der Waals surface area (Å²) in [5.41, 5.74) is 7.46. The predicted molar refractivity (Wildman–Crippen MR) is 219 cm³/mol. The third kappa shape index (κ3) is 3.81. The molecule has 3 aromatic heterocycles. The molecule has 0 spiro atoms. The van der Waals surface area contributed by atoms with E-state index in [2.05, 4.69) is 203 Å². The lowest BCUT2D eigenvalue weighted by Crippen LogP contribution is -2.75. The molecule has 238 valence electrons. The lowest BCUT2D eigenvalue weighted by atomic mass is 10.1. The number of fused-ring (bicyclic) bond motifs is 9. The van der Waals surface area contributed by atoms with Gasteiger partial charge in [0.25, 0.3) is 0 Å².